The Bertz CT molecular complexity index is 510. The van der Waals surface area contributed by atoms with Crippen LogP contribution in [0, 0.1) is 5.41 Å². The summed E-state index contributed by atoms with van der Waals surface area (Å²) in [6.45, 7) is 11.1. The molecule has 42 heavy (non-hydrogen) atoms. The van der Waals surface area contributed by atoms with E-state index in [-0.39, 0.29) is 39.6 Å². The molecule has 254 valence electrons. The minimum absolute atomic E-state index is 0.124. The van der Waals surface area contributed by atoms with Crippen LogP contribution < -0.4 is 34.4 Å². The van der Waals surface area contributed by atoms with Gasteiger partial charge in [0.15, 0.2) is 0 Å². The minimum Gasteiger partial charge on any atom is -0.389 e. The van der Waals surface area contributed by atoms with Crippen LogP contribution in [0.4, 0.5) is 0 Å². The maximum absolute atomic E-state index is 10.6. The van der Waals surface area contributed by atoms with E-state index in [1.165, 1.54) is 0 Å². The molecule has 0 aromatic rings. The van der Waals surface area contributed by atoms with Gasteiger partial charge >= 0.3 is 0 Å². The summed E-state index contributed by atoms with van der Waals surface area (Å²) in [6, 6.07) is 0. The fourth-order valence-electron chi connectivity index (χ4n) is 4.70. The fraction of sp³-hybridized carbons (Fsp3) is 1.00. The number of nitrogens with two attached hydrogens (primary N) is 6. The normalized spacial score (nSPS) is 15.9. The van der Waals surface area contributed by atoms with E-state index in [4.69, 9.17) is 48.6 Å². The number of aliphatic hydroxyl groups excluding tert-OH is 3. The van der Waals surface area contributed by atoms with Crippen molar-refractivity contribution in [1.82, 2.24) is 14.7 Å². The number of hydrogen-bond acceptors (Lipinski definition) is 15. The van der Waals surface area contributed by atoms with Gasteiger partial charge in [0.25, 0.3) is 0 Å². The highest BCUT2D eigenvalue weighted by atomic mass is 16.5. The quantitative estimate of drug-likeness (QED) is 0.0356. The average molecular weight is 612 g/mol. The summed E-state index contributed by atoms with van der Waals surface area (Å²) in [5.41, 5.74) is 33.5. The molecular formula is C27H65N9O6. The Morgan fingerprint density at radius 1 is 0.500 bits per heavy atom. The summed E-state index contributed by atoms with van der Waals surface area (Å²) < 4.78 is 18.0. The van der Waals surface area contributed by atoms with Crippen molar-refractivity contribution < 1.29 is 29.5 Å². The Kier molecular flexibility index (Phi) is 26.4. The SMILES string of the molecule is CCC(COCC(O)CN(CCN)CCN)(COCC(O)CN(CCN)CCN)COCC(O)CN(CCN)CCN. The first-order valence-electron chi connectivity index (χ1n) is 15.4. The van der Waals surface area contributed by atoms with Crippen molar-refractivity contribution in [3.63, 3.8) is 0 Å². The Labute approximate surface area is 253 Å². The topological polar surface area (TPSA) is 254 Å². The third-order valence-electron chi connectivity index (χ3n) is 6.98. The lowest BCUT2D eigenvalue weighted by molar-refractivity contribution is -0.104. The van der Waals surface area contributed by atoms with Gasteiger partial charge in [-0.25, -0.2) is 0 Å². The first-order valence-corrected chi connectivity index (χ1v) is 15.4. The highest BCUT2D eigenvalue weighted by Gasteiger charge is 2.31. The summed E-state index contributed by atoms with van der Waals surface area (Å²) in [5.74, 6) is 0. The van der Waals surface area contributed by atoms with Crippen LogP contribution in [0.1, 0.15) is 13.3 Å². The van der Waals surface area contributed by atoms with E-state index in [0.29, 0.717) is 105 Å². The van der Waals surface area contributed by atoms with Gasteiger partial charge in [0.1, 0.15) is 0 Å². The zero-order chi connectivity index (χ0) is 31.6. The molecule has 0 saturated heterocycles. The lowest BCUT2D eigenvalue weighted by Gasteiger charge is -2.34. The van der Waals surface area contributed by atoms with Crippen molar-refractivity contribution in [3.05, 3.63) is 0 Å². The van der Waals surface area contributed by atoms with Crippen LogP contribution >= 0.6 is 0 Å². The first kappa shape index (κ1) is 41.4. The van der Waals surface area contributed by atoms with E-state index in [1.54, 1.807) is 0 Å². The van der Waals surface area contributed by atoms with Gasteiger partial charge in [0.05, 0.1) is 58.0 Å². The predicted molar refractivity (Wildman–Crippen MR) is 167 cm³/mol. The van der Waals surface area contributed by atoms with Crippen LogP contribution in [-0.4, -0.2) is 186 Å². The molecule has 0 rings (SSSR count). The number of ether oxygens (including phenoxy) is 3. The third-order valence-corrected chi connectivity index (χ3v) is 6.98. The maximum Gasteiger partial charge on any atom is 0.0900 e. The summed E-state index contributed by atoms with van der Waals surface area (Å²) in [5, 5.41) is 31.7. The van der Waals surface area contributed by atoms with Crippen molar-refractivity contribution in [1.29, 1.82) is 0 Å². The average Bonchev–Trinajstić information content (AvgIpc) is 2.93. The molecule has 0 aromatic heterocycles. The summed E-state index contributed by atoms with van der Waals surface area (Å²) in [6.07, 6.45) is -1.48. The first-order chi connectivity index (χ1) is 20.2. The Hall–Kier alpha value is -0.600. The minimum atomic E-state index is -0.713. The molecule has 0 fully saturated rings. The van der Waals surface area contributed by atoms with Gasteiger partial charge in [0, 0.05) is 104 Å². The fourth-order valence-corrected chi connectivity index (χ4v) is 4.70. The Balaban J connectivity index is 5.16. The molecule has 15 heteroatoms. The smallest absolute Gasteiger partial charge is 0.0900 e. The van der Waals surface area contributed by atoms with Crippen LogP contribution in [0.5, 0.6) is 0 Å². The van der Waals surface area contributed by atoms with E-state index in [9.17, 15) is 15.3 Å². The van der Waals surface area contributed by atoms with Crippen LogP contribution in [0.15, 0.2) is 0 Å². The molecule has 0 spiro atoms. The lowest BCUT2D eigenvalue weighted by atomic mass is 9.88. The van der Waals surface area contributed by atoms with Crippen LogP contribution in [-0.2, 0) is 14.2 Å². The van der Waals surface area contributed by atoms with Crippen molar-refractivity contribution in [2.45, 2.75) is 31.7 Å². The summed E-state index contributed by atoms with van der Waals surface area (Å²) >= 11 is 0. The van der Waals surface area contributed by atoms with E-state index in [0.717, 1.165) is 0 Å². The van der Waals surface area contributed by atoms with Crippen molar-refractivity contribution in [2.75, 3.05) is 138 Å². The third kappa shape index (κ3) is 20.4. The van der Waals surface area contributed by atoms with Gasteiger partial charge in [-0.15, -0.1) is 0 Å². The van der Waals surface area contributed by atoms with Crippen LogP contribution in [0.3, 0.4) is 0 Å². The highest BCUT2D eigenvalue weighted by Crippen LogP contribution is 2.24. The summed E-state index contributed by atoms with van der Waals surface area (Å²) in [4.78, 5) is 6.02. The molecule has 15 nitrogen and oxygen atoms in total. The van der Waals surface area contributed by atoms with E-state index < -0.39 is 23.7 Å². The molecule has 0 aliphatic heterocycles. The number of aliphatic hydroxyl groups is 3. The van der Waals surface area contributed by atoms with Gasteiger partial charge < -0.3 is 63.9 Å². The highest BCUT2D eigenvalue weighted by molar-refractivity contribution is 4.79. The second-order valence-corrected chi connectivity index (χ2v) is 11.0. The molecule has 0 bridgehead atoms. The lowest BCUT2D eigenvalue weighted by Crippen LogP contribution is -2.44. The number of nitrogens with zero attached hydrogens (tertiary/aromatic N) is 3. The van der Waals surface area contributed by atoms with Crippen LogP contribution in [0.2, 0.25) is 0 Å². The molecule has 0 aliphatic rings. The maximum atomic E-state index is 10.6. The molecule has 0 aliphatic carbocycles. The Morgan fingerprint density at radius 3 is 0.929 bits per heavy atom. The molecule has 0 radical (unpaired) electrons. The van der Waals surface area contributed by atoms with Gasteiger partial charge in [-0.2, -0.15) is 0 Å². The molecule has 0 amide bonds. The van der Waals surface area contributed by atoms with E-state index in [1.807, 2.05) is 21.6 Å². The Morgan fingerprint density at radius 2 is 0.738 bits per heavy atom. The molecule has 0 aromatic carbocycles. The van der Waals surface area contributed by atoms with Crippen molar-refractivity contribution in [2.24, 2.45) is 39.8 Å². The number of rotatable bonds is 31. The largest absolute Gasteiger partial charge is 0.389 e. The van der Waals surface area contributed by atoms with Crippen molar-refractivity contribution in [3.8, 4) is 0 Å². The van der Waals surface area contributed by atoms with Crippen LogP contribution in [0.25, 0.3) is 0 Å². The molecule has 3 unspecified atom stereocenters. The molecular weight excluding hydrogens is 546 g/mol. The standard InChI is InChI=1S/C27H65N9O6/c1-2-27(21-40-18-24(37)15-34(9-3-28)10-4-29,22-41-19-25(38)16-35(11-5-30)12-6-31)23-42-20-26(39)17-36(13-7-32)14-8-33/h24-26,37-39H,2-23,28-33H2,1H3. The van der Waals surface area contributed by atoms with Gasteiger partial charge in [-0.3, -0.25) is 14.7 Å². The molecule has 0 saturated carbocycles. The van der Waals surface area contributed by atoms with E-state index >= 15 is 0 Å². The number of hydrogen-bond donors (Lipinski definition) is 9. The molecule has 15 N–H and O–H groups in total. The monoisotopic (exact) mass is 612 g/mol. The van der Waals surface area contributed by atoms with Crippen molar-refractivity contribution >= 4 is 0 Å². The zero-order valence-electron chi connectivity index (χ0n) is 26.2. The van der Waals surface area contributed by atoms with Gasteiger partial charge in [0.2, 0.25) is 0 Å². The second kappa shape index (κ2) is 26.8. The van der Waals surface area contributed by atoms with Gasteiger partial charge in [-0.1, -0.05) is 6.92 Å². The summed E-state index contributed by atoms with van der Waals surface area (Å²) in [7, 11) is 0. The molecule has 0 heterocycles. The molecule has 3 atom stereocenters. The second-order valence-electron chi connectivity index (χ2n) is 11.0. The van der Waals surface area contributed by atoms with Gasteiger partial charge in [-0.05, 0) is 6.42 Å². The van der Waals surface area contributed by atoms with E-state index in [2.05, 4.69) is 0 Å². The predicted octanol–water partition coefficient (Wildman–Crippen LogP) is -4.83. The zero-order valence-corrected chi connectivity index (χ0v) is 26.2.